The molecule has 4 heteroatoms. The Kier molecular flexibility index (Phi) is 3.80. The normalized spacial score (nSPS) is 14.6. The molecule has 15 heavy (non-hydrogen) atoms. The molecule has 0 bridgehead atoms. The molecule has 2 unspecified atom stereocenters. The topological polar surface area (TPSA) is 57.5 Å². The molecule has 0 spiro atoms. The number of aliphatic hydroxyl groups excluding tert-OH is 1. The van der Waals surface area contributed by atoms with Gasteiger partial charge in [0.05, 0.1) is 12.5 Å². The van der Waals surface area contributed by atoms with Gasteiger partial charge in [-0.15, -0.1) is 0 Å². The second-order valence-corrected chi connectivity index (χ2v) is 3.57. The summed E-state index contributed by atoms with van der Waals surface area (Å²) in [6, 6.07) is 5.55. The highest BCUT2D eigenvalue weighted by atomic mass is 19.1. The molecule has 0 heterocycles. The summed E-state index contributed by atoms with van der Waals surface area (Å²) in [6.45, 7) is 1.61. The molecule has 0 aliphatic carbocycles. The number of aliphatic carboxylic acids is 1. The van der Waals surface area contributed by atoms with Gasteiger partial charge in [-0.2, -0.15) is 0 Å². The Labute approximate surface area is 87.2 Å². The highest BCUT2D eigenvalue weighted by Crippen LogP contribution is 2.24. The first-order valence-corrected chi connectivity index (χ1v) is 4.66. The number of hydrogen-bond acceptors (Lipinski definition) is 2. The predicted octanol–water partition coefficient (Wildman–Crippen LogP) is 1.97. The van der Waals surface area contributed by atoms with Crippen LogP contribution in [0.1, 0.15) is 25.0 Å². The maximum Gasteiger partial charge on any atom is 0.303 e. The molecule has 0 saturated heterocycles. The Morgan fingerprint density at radius 1 is 1.53 bits per heavy atom. The first kappa shape index (κ1) is 11.7. The van der Waals surface area contributed by atoms with Gasteiger partial charge in [0.25, 0.3) is 0 Å². The van der Waals surface area contributed by atoms with Crippen LogP contribution in [-0.2, 0) is 4.79 Å². The van der Waals surface area contributed by atoms with Crippen molar-refractivity contribution in [2.45, 2.75) is 19.4 Å². The molecule has 0 aromatic heterocycles. The van der Waals surface area contributed by atoms with Gasteiger partial charge in [0.15, 0.2) is 0 Å². The van der Waals surface area contributed by atoms with E-state index in [2.05, 4.69) is 0 Å². The van der Waals surface area contributed by atoms with E-state index in [4.69, 9.17) is 5.11 Å². The van der Waals surface area contributed by atoms with Crippen LogP contribution >= 0.6 is 0 Å². The third-order valence-corrected chi connectivity index (χ3v) is 2.23. The Morgan fingerprint density at radius 2 is 2.20 bits per heavy atom. The van der Waals surface area contributed by atoms with Gasteiger partial charge in [-0.1, -0.05) is 19.1 Å². The summed E-state index contributed by atoms with van der Waals surface area (Å²) in [4.78, 5) is 10.4. The Hall–Kier alpha value is -1.42. The van der Waals surface area contributed by atoms with Crippen LogP contribution in [0.25, 0.3) is 0 Å². The lowest BCUT2D eigenvalue weighted by atomic mass is 9.95. The van der Waals surface area contributed by atoms with Gasteiger partial charge in [-0.05, 0) is 23.6 Å². The molecule has 0 fully saturated rings. The summed E-state index contributed by atoms with van der Waals surface area (Å²) in [7, 11) is 0. The van der Waals surface area contributed by atoms with Crippen molar-refractivity contribution in [1.82, 2.24) is 0 Å². The summed E-state index contributed by atoms with van der Waals surface area (Å²) >= 11 is 0. The molecule has 0 amide bonds. The largest absolute Gasteiger partial charge is 0.481 e. The van der Waals surface area contributed by atoms with Gasteiger partial charge >= 0.3 is 5.97 Å². The van der Waals surface area contributed by atoms with Crippen LogP contribution in [0.3, 0.4) is 0 Å². The molecule has 1 aromatic carbocycles. The van der Waals surface area contributed by atoms with Crippen LogP contribution in [0.4, 0.5) is 4.39 Å². The standard InChI is InChI=1S/C11H13FO3/c1-7(5-10(13)14)11(15)8-3-2-4-9(12)6-8/h2-4,6-7,11,15H,5H2,1H3,(H,13,14). The van der Waals surface area contributed by atoms with Crippen LogP contribution in [0.2, 0.25) is 0 Å². The maximum atomic E-state index is 12.8. The zero-order valence-corrected chi connectivity index (χ0v) is 8.35. The quantitative estimate of drug-likeness (QED) is 0.802. The fourth-order valence-electron chi connectivity index (χ4n) is 1.41. The van der Waals surface area contributed by atoms with E-state index in [1.54, 1.807) is 13.0 Å². The summed E-state index contributed by atoms with van der Waals surface area (Å²) in [6.07, 6.45) is -1.09. The van der Waals surface area contributed by atoms with Crippen molar-refractivity contribution in [1.29, 1.82) is 0 Å². The second kappa shape index (κ2) is 4.89. The second-order valence-electron chi connectivity index (χ2n) is 3.57. The number of carbonyl (C=O) groups is 1. The van der Waals surface area contributed by atoms with E-state index in [9.17, 15) is 14.3 Å². The van der Waals surface area contributed by atoms with Crippen molar-refractivity contribution in [3.8, 4) is 0 Å². The van der Waals surface area contributed by atoms with E-state index in [1.807, 2.05) is 0 Å². The maximum absolute atomic E-state index is 12.8. The first-order chi connectivity index (χ1) is 7.00. The number of carboxylic acids is 1. The van der Waals surface area contributed by atoms with Crippen molar-refractivity contribution in [3.63, 3.8) is 0 Å². The van der Waals surface area contributed by atoms with E-state index in [-0.39, 0.29) is 6.42 Å². The summed E-state index contributed by atoms with van der Waals surface area (Å²) < 4.78 is 12.8. The number of rotatable bonds is 4. The van der Waals surface area contributed by atoms with Gasteiger partial charge in [-0.3, -0.25) is 4.79 Å². The summed E-state index contributed by atoms with van der Waals surface area (Å²) in [5, 5.41) is 18.3. The minimum atomic E-state index is -0.974. The molecule has 1 aromatic rings. The highest BCUT2D eigenvalue weighted by Gasteiger charge is 2.19. The van der Waals surface area contributed by atoms with Crippen molar-refractivity contribution in [2.24, 2.45) is 5.92 Å². The first-order valence-electron chi connectivity index (χ1n) is 4.66. The fraction of sp³-hybridized carbons (Fsp3) is 0.364. The van der Waals surface area contributed by atoms with Gasteiger partial charge < -0.3 is 10.2 Å². The van der Waals surface area contributed by atoms with Crippen molar-refractivity contribution in [2.75, 3.05) is 0 Å². The monoisotopic (exact) mass is 212 g/mol. The summed E-state index contributed by atoms with van der Waals surface area (Å²) in [5.74, 6) is -1.85. The molecular weight excluding hydrogens is 199 g/mol. The number of halogens is 1. The van der Waals surface area contributed by atoms with E-state index >= 15 is 0 Å². The molecule has 1 rings (SSSR count). The van der Waals surface area contributed by atoms with E-state index in [0.717, 1.165) is 0 Å². The van der Waals surface area contributed by atoms with E-state index in [0.29, 0.717) is 5.56 Å². The number of carboxylic acid groups (broad SMARTS) is 1. The third-order valence-electron chi connectivity index (χ3n) is 2.23. The predicted molar refractivity (Wildman–Crippen MR) is 52.8 cm³/mol. The minimum absolute atomic E-state index is 0.141. The minimum Gasteiger partial charge on any atom is -0.481 e. The molecule has 82 valence electrons. The zero-order valence-electron chi connectivity index (χ0n) is 8.35. The number of benzene rings is 1. The average Bonchev–Trinajstić information content (AvgIpc) is 2.15. The van der Waals surface area contributed by atoms with Crippen LogP contribution < -0.4 is 0 Å². The Balaban J connectivity index is 2.75. The lowest BCUT2D eigenvalue weighted by Gasteiger charge is -2.17. The molecule has 0 aliphatic heterocycles. The van der Waals surface area contributed by atoms with E-state index < -0.39 is 23.8 Å². The highest BCUT2D eigenvalue weighted by molar-refractivity contribution is 5.67. The molecule has 2 atom stereocenters. The number of aliphatic hydroxyl groups is 1. The summed E-state index contributed by atoms with van der Waals surface area (Å²) in [5.41, 5.74) is 0.406. The van der Waals surface area contributed by atoms with Crippen LogP contribution in [0.15, 0.2) is 24.3 Å². The van der Waals surface area contributed by atoms with Gasteiger partial charge in [0.1, 0.15) is 5.82 Å². The van der Waals surface area contributed by atoms with Crippen molar-refractivity contribution < 1.29 is 19.4 Å². The number of hydrogen-bond donors (Lipinski definition) is 2. The fourth-order valence-corrected chi connectivity index (χ4v) is 1.41. The molecule has 0 saturated carbocycles. The lowest BCUT2D eigenvalue weighted by Crippen LogP contribution is -2.13. The van der Waals surface area contributed by atoms with Crippen LogP contribution in [-0.4, -0.2) is 16.2 Å². The molecule has 2 N–H and O–H groups in total. The average molecular weight is 212 g/mol. The van der Waals surface area contributed by atoms with Gasteiger partial charge in [-0.25, -0.2) is 4.39 Å². The smallest absolute Gasteiger partial charge is 0.303 e. The lowest BCUT2D eigenvalue weighted by molar-refractivity contribution is -0.139. The zero-order chi connectivity index (χ0) is 11.4. The van der Waals surface area contributed by atoms with Crippen LogP contribution in [0, 0.1) is 11.7 Å². The Morgan fingerprint density at radius 3 is 2.73 bits per heavy atom. The molecule has 0 radical (unpaired) electrons. The third kappa shape index (κ3) is 3.32. The molecule has 3 nitrogen and oxygen atoms in total. The Bertz CT molecular complexity index is 351. The van der Waals surface area contributed by atoms with Gasteiger partial charge in [0.2, 0.25) is 0 Å². The van der Waals surface area contributed by atoms with Crippen LogP contribution in [0.5, 0.6) is 0 Å². The van der Waals surface area contributed by atoms with Crippen molar-refractivity contribution >= 4 is 5.97 Å². The van der Waals surface area contributed by atoms with Crippen molar-refractivity contribution in [3.05, 3.63) is 35.6 Å². The molecule has 0 aliphatic rings. The molecular formula is C11H13FO3. The SMILES string of the molecule is CC(CC(=O)O)C(O)c1cccc(F)c1. The van der Waals surface area contributed by atoms with Gasteiger partial charge in [0, 0.05) is 0 Å². The van der Waals surface area contributed by atoms with E-state index in [1.165, 1.54) is 18.2 Å².